The molecule has 1 N–H and O–H groups in total. The van der Waals surface area contributed by atoms with Crippen molar-refractivity contribution in [3.63, 3.8) is 0 Å². The Kier molecular flexibility index (Phi) is 6.80. The van der Waals surface area contributed by atoms with Gasteiger partial charge in [0, 0.05) is 5.69 Å². The zero-order chi connectivity index (χ0) is 20.0. The van der Waals surface area contributed by atoms with Gasteiger partial charge < -0.3 is 14.8 Å². The minimum atomic E-state index is -1.03. The first-order valence-electron chi connectivity index (χ1n) is 8.24. The fraction of sp³-hybridized carbons (Fsp3) is 0.250. The summed E-state index contributed by atoms with van der Waals surface area (Å²) in [7, 11) is 0. The number of nitriles is 1. The molecule has 0 fully saturated rings. The Morgan fingerprint density at radius 2 is 1.89 bits per heavy atom. The number of esters is 1. The van der Waals surface area contributed by atoms with Gasteiger partial charge in [-0.15, -0.1) is 0 Å². The number of benzene rings is 2. The number of hydrogen-bond acceptors (Lipinski definition) is 5. The van der Waals surface area contributed by atoms with Crippen LogP contribution in [0.25, 0.3) is 0 Å². The highest BCUT2D eigenvalue weighted by molar-refractivity contribution is 6.32. The first-order chi connectivity index (χ1) is 12.8. The highest BCUT2D eigenvalue weighted by Crippen LogP contribution is 2.20. The van der Waals surface area contributed by atoms with Crippen LogP contribution in [0, 0.1) is 18.3 Å². The van der Waals surface area contributed by atoms with E-state index in [9.17, 15) is 9.59 Å². The average molecular weight is 387 g/mol. The molecule has 0 aromatic heterocycles. The second-order valence-corrected chi connectivity index (χ2v) is 6.36. The number of rotatable bonds is 6. The third-order valence-electron chi connectivity index (χ3n) is 3.65. The number of anilines is 1. The standard InChI is InChI=1S/C20H19ClN2O4/c1-12-5-4-6-17(9-12)26-14(3)20(25)27-13(2)19(24)23-16-8-7-15(11-22)18(21)10-16/h4-10,13-14H,1-3H3,(H,23,24)/t13-,14-/m0/s1. The Morgan fingerprint density at radius 3 is 2.52 bits per heavy atom. The molecular formula is C20H19ClN2O4. The van der Waals surface area contributed by atoms with E-state index in [0.29, 0.717) is 17.0 Å². The van der Waals surface area contributed by atoms with Gasteiger partial charge in [0.2, 0.25) is 0 Å². The summed E-state index contributed by atoms with van der Waals surface area (Å²) in [6.45, 7) is 4.92. The van der Waals surface area contributed by atoms with E-state index in [-0.39, 0.29) is 5.02 Å². The van der Waals surface area contributed by atoms with Crippen LogP contribution in [0.1, 0.15) is 25.0 Å². The van der Waals surface area contributed by atoms with Gasteiger partial charge in [-0.1, -0.05) is 23.7 Å². The number of ether oxygens (including phenoxy) is 2. The molecule has 1 amide bonds. The number of nitrogens with zero attached hydrogens (tertiary/aromatic N) is 1. The van der Waals surface area contributed by atoms with E-state index in [2.05, 4.69) is 5.32 Å². The molecule has 0 aliphatic carbocycles. The number of carbonyl (C=O) groups is 2. The lowest BCUT2D eigenvalue weighted by molar-refractivity contribution is -0.159. The van der Waals surface area contributed by atoms with Crippen LogP contribution in [0.15, 0.2) is 42.5 Å². The SMILES string of the molecule is Cc1cccc(O[C@@H](C)C(=O)O[C@@H](C)C(=O)Nc2ccc(C#N)c(Cl)c2)c1. The van der Waals surface area contributed by atoms with Gasteiger partial charge in [0.05, 0.1) is 10.6 Å². The molecule has 2 aromatic rings. The lowest BCUT2D eigenvalue weighted by Crippen LogP contribution is -2.35. The molecule has 7 heteroatoms. The Hall–Kier alpha value is -3.04. The van der Waals surface area contributed by atoms with Crippen molar-refractivity contribution in [1.29, 1.82) is 5.26 Å². The molecule has 0 unspecified atom stereocenters. The van der Waals surface area contributed by atoms with Gasteiger partial charge in [-0.25, -0.2) is 4.79 Å². The minimum Gasteiger partial charge on any atom is -0.479 e. The Labute approximate surface area is 162 Å². The molecule has 140 valence electrons. The second kappa shape index (κ2) is 9.06. The maximum Gasteiger partial charge on any atom is 0.347 e. The summed E-state index contributed by atoms with van der Waals surface area (Å²) in [5.41, 5.74) is 1.70. The van der Waals surface area contributed by atoms with Crippen molar-refractivity contribution in [1.82, 2.24) is 0 Å². The van der Waals surface area contributed by atoms with Crippen molar-refractivity contribution in [3.8, 4) is 11.8 Å². The van der Waals surface area contributed by atoms with Gasteiger partial charge in [-0.2, -0.15) is 5.26 Å². The van der Waals surface area contributed by atoms with Crippen molar-refractivity contribution in [2.24, 2.45) is 0 Å². The number of hydrogen-bond donors (Lipinski definition) is 1. The number of nitrogens with one attached hydrogen (secondary N) is 1. The smallest absolute Gasteiger partial charge is 0.347 e. The van der Waals surface area contributed by atoms with Gasteiger partial charge >= 0.3 is 5.97 Å². The van der Waals surface area contributed by atoms with E-state index in [1.54, 1.807) is 25.1 Å². The van der Waals surface area contributed by atoms with Crippen LogP contribution in [0.5, 0.6) is 5.75 Å². The van der Waals surface area contributed by atoms with Crippen molar-refractivity contribution in [2.75, 3.05) is 5.32 Å². The molecule has 2 atom stereocenters. The summed E-state index contributed by atoms with van der Waals surface area (Å²) in [6, 6.07) is 13.7. The second-order valence-electron chi connectivity index (χ2n) is 5.95. The monoisotopic (exact) mass is 386 g/mol. The maximum absolute atomic E-state index is 12.2. The molecule has 0 bridgehead atoms. The van der Waals surface area contributed by atoms with Crippen LogP contribution >= 0.6 is 11.6 Å². The zero-order valence-electron chi connectivity index (χ0n) is 15.2. The number of carbonyl (C=O) groups excluding carboxylic acids is 2. The predicted molar refractivity (Wildman–Crippen MR) is 102 cm³/mol. The van der Waals surface area contributed by atoms with Crippen LogP contribution in [-0.2, 0) is 14.3 Å². The van der Waals surface area contributed by atoms with E-state index >= 15 is 0 Å². The number of aryl methyl sites for hydroxylation is 1. The Balaban J connectivity index is 1.92. The quantitative estimate of drug-likeness (QED) is 0.761. The normalized spacial score (nSPS) is 12.4. The van der Waals surface area contributed by atoms with Gasteiger partial charge in [-0.05, 0) is 56.7 Å². The van der Waals surface area contributed by atoms with Crippen molar-refractivity contribution in [3.05, 3.63) is 58.6 Å². The van der Waals surface area contributed by atoms with Gasteiger partial charge in [0.25, 0.3) is 5.91 Å². The van der Waals surface area contributed by atoms with E-state index in [0.717, 1.165) is 5.56 Å². The number of halogens is 1. The molecular weight excluding hydrogens is 368 g/mol. The predicted octanol–water partition coefficient (Wildman–Crippen LogP) is 3.86. The van der Waals surface area contributed by atoms with E-state index < -0.39 is 24.1 Å². The lowest BCUT2D eigenvalue weighted by Gasteiger charge is -2.18. The Bertz CT molecular complexity index is 892. The molecule has 0 spiro atoms. The first kappa shape index (κ1) is 20.3. The lowest BCUT2D eigenvalue weighted by atomic mass is 10.2. The largest absolute Gasteiger partial charge is 0.479 e. The summed E-state index contributed by atoms with van der Waals surface area (Å²) in [6.07, 6.45) is -1.90. The molecule has 0 saturated carbocycles. The topological polar surface area (TPSA) is 88.4 Å². The fourth-order valence-electron chi connectivity index (χ4n) is 2.19. The third-order valence-corrected chi connectivity index (χ3v) is 3.97. The summed E-state index contributed by atoms with van der Waals surface area (Å²) in [4.78, 5) is 24.4. The van der Waals surface area contributed by atoms with E-state index in [1.807, 2.05) is 25.1 Å². The minimum absolute atomic E-state index is 0.222. The first-order valence-corrected chi connectivity index (χ1v) is 8.62. The van der Waals surface area contributed by atoms with Crippen molar-refractivity contribution in [2.45, 2.75) is 33.0 Å². The molecule has 0 aliphatic rings. The summed E-state index contributed by atoms with van der Waals surface area (Å²) >= 11 is 5.93. The molecule has 0 aliphatic heterocycles. The molecule has 0 saturated heterocycles. The fourth-order valence-corrected chi connectivity index (χ4v) is 2.41. The molecule has 0 radical (unpaired) electrons. The van der Waals surface area contributed by atoms with Gasteiger partial charge in [-0.3, -0.25) is 4.79 Å². The summed E-state index contributed by atoms with van der Waals surface area (Å²) in [5, 5.41) is 11.7. The Morgan fingerprint density at radius 1 is 1.15 bits per heavy atom. The van der Waals surface area contributed by atoms with Crippen molar-refractivity contribution < 1.29 is 19.1 Å². The van der Waals surface area contributed by atoms with E-state index in [1.165, 1.54) is 19.1 Å². The highest BCUT2D eigenvalue weighted by atomic mass is 35.5. The van der Waals surface area contributed by atoms with Crippen LogP contribution in [0.2, 0.25) is 5.02 Å². The van der Waals surface area contributed by atoms with Crippen LogP contribution in [-0.4, -0.2) is 24.1 Å². The molecule has 2 aromatic carbocycles. The zero-order valence-corrected chi connectivity index (χ0v) is 15.9. The highest BCUT2D eigenvalue weighted by Gasteiger charge is 2.23. The van der Waals surface area contributed by atoms with E-state index in [4.69, 9.17) is 26.3 Å². The summed E-state index contributed by atoms with van der Waals surface area (Å²) < 4.78 is 10.7. The van der Waals surface area contributed by atoms with Crippen molar-refractivity contribution >= 4 is 29.2 Å². The molecule has 6 nitrogen and oxygen atoms in total. The van der Waals surface area contributed by atoms with Crippen LogP contribution < -0.4 is 10.1 Å². The summed E-state index contributed by atoms with van der Waals surface area (Å²) in [5.74, 6) is -0.632. The maximum atomic E-state index is 12.2. The molecule has 2 rings (SSSR count). The van der Waals surface area contributed by atoms with Crippen LogP contribution in [0.3, 0.4) is 0 Å². The van der Waals surface area contributed by atoms with Gasteiger partial charge in [0.1, 0.15) is 11.8 Å². The third kappa shape index (κ3) is 5.73. The average Bonchev–Trinajstić information content (AvgIpc) is 2.61. The van der Waals surface area contributed by atoms with Crippen LogP contribution in [0.4, 0.5) is 5.69 Å². The molecule has 0 heterocycles. The molecule has 27 heavy (non-hydrogen) atoms. The van der Waals surface area contributed by atoms with Gasteiger partial charge in [0.15, 0.2) is 12.2 Å². The number of amides is 1.